The van der Waals surface area contributed by atoms with Gasteiger partial charge in [0.05, 0.1) is 25.2 Å². The number of amides is 3. The van der Waals surface area contributed by atoms with E-state index in [2.05, 4.69) is 16.0 Å². The number of carboxylic acids is 1. The van der Waals surface area contributed by atoms with Crippen LogP contribution in [-0.4, -0.2) is 65.2 Å². The highest BCUT2D eigenvalue weighted by atomic mass is 16.4. The third-order valence-electron chi connectivity index (χ3n) is 3.49. The van der Waals surface area contributed by atoms with Gasteiger partial charge >= 0.3 is 5.97 Å². The zero-order chi connectivity index (χ0) is 18.9. The zero-order valence-corrected chi connectivity index (χ0v) is 14.0. The van der Waals surface area contributed by atoms with Gasteiger partial charge in [0.1, 0.15) is 0 Å². The standard InChI is InChI=1S/C14H26N4O6/c1-4-7(2)11(15)13(22)17-5-9(20)16-6-10(21)18-12(8(3)19)14(23)24/h7-8,11-12,19H,4-6,15H2,1-3H3,(H,16,20)(H,17,22)(H,18,21)(H,23,24). The van der Waals surface area contributed by atoms with Gasteiger partial charge in [-0.25, -0.2) is 4.79 Å². The lowest BCUT2D eigenvalue weighted by molar-refractivity contribution is -0.144. The van der Waals surface area contributed by atoms with Crippen LogP contribution in [0.4, 0.5) is 0 Å². The van der Waals surface area contributed by atoms with Gasteiger partial charge in [-0.1, -0.05) is 20.3 Å². The first kappa shape index (κ1) is 21.8. The second kappa shape index (κ2) is 10.6. The first-order chi connectivity index (χ1) is 11.1. The van der Waals surface area contributed by atoms with Crippen LogP contribution in [0.15, 0.2) is 0 Å². The molecule has 0 aliphatic rings. The molecule has 0 radical (unpaired) electrons. The Kier molecular flexibility index (Phi) is 9.58. The van der Waals surface area contributed by atoms with Crippen molar-refractivity contribution in [2.24, 2.45) is 11.7 Å². The fourth-order valence-electron chi connectivity index (χ4n) is 1.65. The smallest absolute Gasteiger partial charge is 0.328 e. The highest BCUT2D eigenvalue weighted by Crippen LogP contribution is 2.04. The molecule has 0 rings (SSSR count). The van der Waals surface area contributed by atoms with Gasteiger partial charge in [0.25, 0.3) is 0 Å². The number of hydrogen-bond acceptors (Lipinski definition) is 6. The summed E-state index contributed by atoms with van der Waals surface area (Å²) in [6, 6.07) is -2.20. The molecule has 10 heteroatoms. The van der Waals surface area contributed by atoms with Gasteiger partial charge in [0.2, 0.25) is 17.7 Å². The van der Waals surface area contributed by atoms with E-state index in [4.69, 9.17) is 10.8 Å². The maximum absolute atomic E-state index is 11.7. The molecule has 0 bridgehead atoms. The number of hydrogen-bond donors (Lipinski definition) is 6. The van der Waals surface area contributed by atoms with Crippen molar-refractivity contribution >= 4 is 23.7 Å². The molecule has 0 heterocycles. The largest absolute Gasteiger partial charge is 0.480 e. The van der Waals surface area contributed by atoms with Gasteiger partial charge in [-0.2, -0.15) is 0 Å². The molecule has 0 aromatic carbocycles. The molecule has 3 amide bonds. The Labute approximate surface area is 140 Å². The maximum Gasteiger partial charge on any atom is 0.328 e. The summed E-state index contributed by atoms with van der Waals surface area (Å²) in [6.45, 7) is 4.09. The SMILES string of the molecule is CCC(C)C(N)C(=O)NCC(=O)NCC(=O)NC(C(=O)O)C(C)O. The molecule has 138 valence electrons. The first-order valence-corrected chi connectivity index (χ1v) is 7.60. The molecule has 0 saturated carbocycles. The minimum absolute atomic E-state index is 0.0349. The molecular weight excluding hydrogens is 320 g/mol. The molecule has 24 heavy (non-hydrogen) atoms. The average molecular weight is 346 g/mol. The van der Waals surface area contributed by atoms with Gasteiger partial charge in [0, 0.05) is 0 Å². The fraction of sp³-hybridized carbons (Fsp3) is 0.714. The summed E-state index contributed by atoms with van der Waals surface area (Å²) in [7, 11) is 0. The molecule has 0 aliphatic carbocycles. The van der Waals surface area contributed by atoms with Crippen molar-refractivity contribution in [1.29, 1.82) is 0 Å². The van der Waals surface area contributed by atoms with Crippen LogP contribution in [0, 0.1) is 5.92 Å². The lowest BCUT2D eigenvalue weighted by atomic mass is 9.99. The van der Waals surface area contributed by atoms with Crippen LogP contribution in [0.2, 0.25) is 0 Å². The Hall–Kier alpha value is -2.20. The topological polar surface area (TPSA) is 171 Å². The first-order valence-electron chi connectivity index (χ1n) is 7.60. The number of aliphatic hydroxyl groups is 1. The molecule has 0 aliphatic heterocycles. The highest BCUT2D eigenvalue weighted by molar-refractivity contribution is 5.90. The lowest BCUT2D eigenvalue weighted by Crippen LogP contribution is -2.51. The van der Waals surface area contributed by atoms with Gasteiger partial charge in [-0.05, 0) is 12.8 Å². The summed E-state index contributed by atoms with van der Waals surface area (Å²) in [4.78, 5) is 45.6. The van der Waals surface area contributed by atoms with Crippen LogP contribution < -0.4 is 21.7 Å². The Morgan fingerprint density at radius 2 is 1.58 bits per heavy atom. The summed E-state index contributed by atoms with van der Waals surface area (Å²) < 4.78 is 0. The van der Waals surface area contributed by atoms with Crippen molar-refractivity contribution in [3.63, 3.8) is 0 Å². The number of carbonyl (C=O) groups is 4. The van der Waals surface area contributed by atoms with Crippen molar-refractivity contribution < 1.29 is 29.4 Å². The van der Waals surface area contributed by atoms with E-state index in [0.29, 0.717) is 0 Å². The van der Waals surface area contributed by atoms with Crippen LogP contribution in [-0.2, 0) is 19.2 Å². The second-order valence-corrected chi connectivity index (χ2v) is 5.53. The number of aliphatic hydroxyl groups excluding tert-OH is 1. The van der Waals surface area contributed by atoms with E-state index >= 15 is 0 Å². The maximum atomic E-state index is 11.7. The van der Waals surface area contributed by atoms with Crippen LogP contribution in [0.1, 0.15) is 27.2 Å². The fourth-order valence-corrected chi connectivity index (χ4v) is 1.65. The quantitative estimate of drug-likeness (QED) is 0.255. The Bertz CT molecular complexity index is 468. The summed E-state index contributed by atoms with van der Waals surface area (Å²) in [5.41, 5.74) is 5.70. The van der Waals surface area contributed by atoms with E-state index < -0.39 is 48.4 Å². The molecule has 7 N–H and O–H groups in total. The Balaban J connectivity index is 4.20. The van der Waals surface area contributed by atoms with Crippen molar-refractivity contribution in [2.75, 3.05) is 13.1 Å². The van der Waals surface area contributed by atoms with E-state index in [1.807, 2.05) is 13.8 Å². The van der Waals surface area contributed by atoms with Crippen molar-refractivity contribution in [3.05, 3.63) is 0 Å². The molecule has 0 aromatic rings. The third-order valence-corrected chi connectivity index (χ3v) is 3.49. The Morgan fingerprint density at radius 1 is 1.04 bits per heavy atom. The van der Waals surface area contributed by atoms with Crippen LogP contribution in [0.3, 0.4) is 0 Å². The van der Waals surface area contributed by atoms with E-state index in [9.17, 15) is 24.3 Å². The number of nitrogens with one attached hydrogen (secondary N) is 3. The highest BCUT2D eigenvalue weighted by Gasteiger charge is 2.25. The van der Waals surface area contributed by atoms with Crippen molar-refractivity contribution in [3.8, 4) is 0 Å². The lowest BCUT2D eigenvalue weighted by Gasteiger charge is -2.18. The van der Waals surface area contributed by atoms with Crippen LogP contribution in [0.5, 0.6) is 0 Å². The van der Waals surface area contributed by atoms with Crippen LogP contribution >= 0.6 is 0 Å². The number of carboxylic acid groups (broad SMARTS) is 1. The van der Waals surface area contributed by atoms with Gasteiger partial charge in [-0.15, -0.1) is 0 Å². The van der Waals surface area contributed by atoms with Gasteiger partial charge in [-0.3, -0.25) is 14.4 Å². The summed E-state index contributed by atoms with van der Waals surface area (Å²) in [5.74, 6) is -3.30. The minimum Gasteiger partial charge on any atom is -0.480 e. The molecule has 0 spiro atoms. The molecule has 10 nitrogen and oxygen atoms in total. The van der Waals surface area contributed by atoms with Crippen LogP contribution in [0.25, 0.3) is 0 Å². The second-order valence-electron chi connectivity index (χ2n) is 5.53. The molecule has 0 fully saturated rings. The number of rotatable bonds is 10. The predicted molar refractivity (Wildman–Crippen MR) is 84.7 cm³/mol. The number of aliphatic carboxylic acids is 1. The van der Waals surface area contributed by atoms with Gasteiger partial charge < -0.3 is 31.9 Å². The van der Waals surface area contributed by atoms with Gasteiger partial charge in [0.15, 0.2) is 6.04 Å². The average Bonchev–Trinajstić information content (AvgIpc) is 2.53. The van der Waals surface area contributed by atoms with Crippen molar-refractivity contribution in [1.82, 2.24) is 16.0 Å². The molecule has 4 unspecified atom stereocenters. The Morgan fingerprint density at radius 3 is 2.04 bits per heavy atom. The number of carbonyl (C=O) groups excluding carboxylic acids is 3. The van der Waals surface area contributed by atoms with Crippen molar-refractivity contribution in [2.45, 2.75) is 45.4 Å². The van der Waals surface area contributed by atoms with E-state index in [0.717, 1.165) is 6.42 Å². The normalized spacial score (nSPS) is 15.5. The number of nitrogens with two attached hydrogens (primary N) is 1. The van der Waals surface area contributed by atoms with E-state index in [1.54, 1.807) is 0 Å². The minimum atomic E-state index is -1.47. The molecule has 0 aromatic heterocycles. The summed E-state index contributed by atoms with van der Waals surface area (Å²) in [6.07, 6.45) is -0.571. The third kappa shape index (κ3) is 7.88. The van der Waals surface area contributed by atoms with E-state index in [-0.39, 0.29) is 12.5 Å². The zero-order valence-electron chi connectivity index (χ0n) is 14.0. The van der Waals surface area contributed by atoms with E-state index in [1.165, 1.54) is 6.92 Å². The molecular formula is C14H26N4O6. The summed E-state index contributed by atoms with van der Waals surface area (Å²) >= 11 is 0. The monoisotopic (exact) mass is 346 g/mol. The molecule has 0 saturated heterocycles. The molecule has 4 atom stereocenters. The predicted octanol–water partition coefficient (Wildman–Crippen LogP) is -2.46. The summed E-state index contributed by atoms with van der Waals surface area (Å²) in [5, 5.41) is 24.7.